The van der Waals surface area contributed by atoms with E-state index in [1.54, 1.807) is 19.0 Å². The lowest BCUT2D eigenvalue weighted by Crippen LogP contribution is -2.70. The molecule has 7 fully saturated rings. The molecule has 266 valence electrons. The maximum absolute atomic E-state index is 13.2. The van der Waals surface area contributed by atoms with Crippen LogP contribution in [-0.2, 0) is 18.9 Å². The predicted octanol–water partition coefficient (Wildman–Crippen LogP) is 5.05. The average Bonchev–Trinajstić information content (AvgIpc) is 3.65. The summed E-state index contributed by atoms with van der Waals surface area (Å²) in [5, 5.41) is 12.5. The van der Waals surface area contributed by atoms with Crippen molar-refractivity contribution in [2.75, 3.05) is 40.4 Å². The van der Waals surface area contributed by atoms with Gasteiger partial charge in [0, 0.05) is 32.6 Å². The Labute approximate surface area is 281 Å². The fourth-order valence-corrected chi connectivity index (χ4v) is 13.2. The highest BCUT2D eigenvalue weighted by Gasteiger charge is 2.85. The van der Waals surface area contributed by atoms with Crippen molar-refractivity contribution in [3.8, 4) is 0 Å². The molecule has 0 radical (unpaired) electrons. The first-order valence-electron chi connectivity index (χ1n) is 18.6. The molecule has 7 aliphatic rings. The average molecular weight is 660 g/mol. The van der Waals surface area contributed by atoms with E-state index in [0.29, 0.717) is 32.2 Å². The van der Waals surface area contributed by atoms with Gasteiger partial charge in [0.1, 0.15) is 12.2 Å². The molecule has 2 spiro atoms. The second kappa shape index (κ2) is 11.2. The Hall–Kier alpha value is -1.62. The highest BCUT2D eigenvalue weighted by Crippen LogP contribution is 2.87. The van der Waals surface area contributed by atoms with Crippen molar-refractivity contribution < 1.29 is 33.6 Å². The normalized spacial score (nSPS) is 48.6. The number of hydrogen-bond donors (Lipinski definition) is 2. The van der Waals surface area contributed by atoms with Crippen LogP contribution in [0.1, 0.15) is 92.9 Å². The third kappa shape index (κ3) is 4.55. The molecule has 5 saturated carbocycles. The maximum atomic E-state index is 13.2. The summed E-state index contributed by atoms with van der Waals surface area (Å²) in [5.74, 6) is 1.17. The number of aliphatic hydroxyl groups excluding tert-OH is 1. The molecule has 47 heavy (non-hydrogen) atoms. The van der Waals surface area contributed by atoms with E-state index >= 15 is 0 Å². The zero-order valence-electron chi connectivity index (χ0n) is 30.1. The number of amides is 2. The van der Waals surface area contributed by atoms with Crippen molar-refractivity contribution in [3.63, 3.8) is 0 Å². The van der Waals surface area contributed by atoms with Gasteiger partial charge in [-0.25, -0.2) is 9.59 Å². The fraction of sp³-hybridized carbons (Fsp3) is 0.946. The van der Waals surface area contributed by atoms with Gasteiger partial charge in [0.25, 0.3) is 0 Å². The van der Waals surface area contributed by atoms with Crippen LogP contribution < -0.4 is 5.73 Å². The second-order valence-electron chi connectivity index (χ2n) is 18.2. The van der Waals surface area contributed by atoms with Gasteiger partial charge < -0.3 is 39.6 Å². The molecule has 10 heteroatoms. The quantitative estimate of drug-likeness (QED) is 0.430. The third-order valence-electron chi connectivity index (χ3n) is 15.4. The highest BCUT2D eigenvalue weighted by atomic mass is 16.6. The van der Waals surface area contributed by atoms with E-state index in [0.717, 1.165) is 51.4 Å². The highest BCUT2D eigenvalue weighted by molar-refractivity contribution is 5.68. The summed E-state index contributed by atoms with van der Waals surface area (Å²) < 4.78 is 24.6. The van der Waals surface area contributed by atoms with Gasteiger partial charge in [-0.15, -0.1) is 0 Å². The summed E-state index contributed by atoms with van der Waals surface area (Å²) in [6.07, 6.45) is 5.50. The number of carbonyl (C=O) groups is 2. The summed E-state index contributed by atoms with van der Waals surface area (Å²) in [7, 11) is 3.40. The number of nitrogens with two attached hydrogens (primary N) is 1. The lowest BCUT2D eigenvalue weighted by Gasteiger charge is -2.63. The van der Waals surface area contributed by atoms with Crippen molar-refractivity contribution in [1.82, 2.24) is 9.80 Å². The van der Waals surface area contributed by atoms with E-state index in [9.17, 15) is 14.7 Å². The third-order valence-corrected chi connectivity index (χ3v) is 15.4. The standard InChI is InChI=1S/C37H61N3O7/c1-21(2)28(47-31(42)39(7)8)23-19-22(3)27-29(45-23)30(41)37(38)25-10-9-24-33(4,5)26(46-32(43)40-15-17-44-18-16-40)11-12-35(24)20-36(25,35)14-13-34(27,37)6/h21-30,41H,9-20,38H2,1-8H3. The minimum absolute atomic E-state index is 0.0763. The molecular weight excluding hydrogens is 598 g/mol. The van der Waals surface area contributed by atoms with Crippen LogP contribution in [-0.4, -0.2) is 104 Å². The zero-order valence-corrected chi connectivity index (χ0v) is 30.1. The van der Waals surface area contributed by atoms with Crippen molar-refractivity contribution >= 4 is 12.2 Å². The molecule has 13 atom stereocenters. The van der Waals surface area contributed by atoms with Crippen LogP contribution in [0.5, 0.6) is 0 Å². The van der Waals surface area contributed by atoms with Crippen LogP contribution in [0.25, 0.3) is 0 Å². The van der Waals surface area contributed by atoms with E-state index in [-0.39, 0.29) is 75.8 Å². The van der Waals surface area contributed by atoms with Crippen LogP contribution in [0, 0.1) is 51.2 Å². The molecule has 0 bridgehead atoms. The summed E-state index contributed by atoms with van der Waals surface area (Å²) in [5.41, 5.74) is 6.94. The minimum Gasteiger partial charge on any atom is -0.446 e. The minimum atomic E-state index is -0.782. The van der Waals surface area contributed by atoms with Gasteiger partial charge in [-0.3, -0.25) is 0 Å². The van der Waals surface area contributed by atoms with E-state index in [1.165, 1.54) is 4.90 Å². The van der Waals surface area contributed by atoms with Crippen LogP contribution >= 0.6 is 0 Å². The van der Waals surface area contributed by atoms with Gasteiger partial charge in [0.2, 0.25) is 0 Å². The molecule has 2 heterocycles. The first-order chi connectivity index (χ1) is 22.0. The number of rotatable bonds is 4. The molecule has 0 aromatic rings. The van der Waals surface area contributed by atoms with Gasteiger partial charge in [-0.1, -0.05) is 41.5 Å². The van der Waals surface area contributed by atoms with E-state index in [4.69, 9.17) is 24.7 Å². The molecule has 13 unspecified atom stereocenters. The molecule has 2 amide bonds. The fourth-order valence-electron chi connectivity index (χ4n) is 13.2. The largest absolute Gasteiger partial charge is 0.446 e. The number of aliphatic hydroxyl groups is 1. The van der Waals surface area contributed by atoms with Crippen molar-refractivity contribution in [2.24, 2.45) is 57.0 Å². The first-order valence-corrected chi connectivity index (χ1v) is 18.6. The number of morpholine rings is 1. The molecule has 5 aliphatic carbocycles. The molecule has 2 saturated heterocycles. The molecule has 0 aromatic heterocycles. The monoisotopic (exact) mass is 659 g/mol. The van der Waals surface area contributed by atoms with Gasteiger partial charge in [0.15, 0.2) is 0 Å². The molecule has 7 rings (SSSR count). The first kappa shape index (κ1) is 33.9. The van der Waals surface area contributed by atoms with Gasteiger partial charge in [-0.2, -0.15) is 0 Å². The van der Waals surface area contributed by atoms with E-state index in [2.05, 4.69) is 41.5 Å². The maximum Gasteiger partial charge on any atom is 0.410 e. The molecule has 2 aliphatic heterocycles. The number of ether oxygens (including phenoxy) is 4. The van der Waals surface area contributed by atoms with Gasteiger partial charge in [0.05, 0.1) is 37.1 Å². The van der Waals surface area contributed by atoms with Gasteiger partial charge >= 0.3 is 12.2 Å². The summed E-state index contributed by atoms with van der Waals surface area (Å²) >= 11 is 0. The number of carbonyl (C=O) groups excluding carboxylic acids is 2. The lowest BCUT2D eigenvalue weighted by atomic mass is 9.43. The van der Waals surface area contributed by atoms with Crippen LogP contribution in [0.15, 0.2) is 0 Å². The Kier molecular flexibility index (Phi) is 8.06. The summed E-state index contributed by atoms with van der Waals surface area (Å²) in [6.45, 7) is 15.8. The summed E-state index contributed by atoms with van der Waals surface area (Å²) in [6, 6.07) is 0. The van der Waals surface area contributed by atoms with E-state index in [1.807, 2.05) is 0 Å². The Morgan fingerprint density at radius 1 is 1.00 bits per heavy atom. The molecule has 10 nitrogen and oxygen atoms in total. The summed E-state index contributed by atoms with van der Waals surface area (Å²) in [4.78, 5) is 29.1. The second-order valence-corrected chi connectivity index (χ2v) is 18.2. The van der Waals surface area contributed by atoms with Crippen molar-refractivity contribution in [1.29, 1.82) is 0 Å². The SMILES string of the molecule is CC(C)C(OC(=O)N(C)C)C1CC(C)C2C(O1)C(O)C1(N)C3CCC4C(C)(C)C(OC(=O)N5CCOCC5)CCC45CC35CCC21C. The van der Waals surface area contributed by atoms with Gasteiger partial charge in [-0.05, 0) is 97.2 Å². The Morgan fingerprint density at radius 2 is 1.66 bits per heavy atom. The van der Waals surface area contributed by atoms with Crippen LogP contribution in [0.2, 0.25) is 0 Å². The number of fused-ring (bicyclic) bond motifs is 4. The molecule has 3 N–H and O–H groups in total. The molecular formula is C37H61N3O7. The zero-order chi connectivity index (χ0) is 33.9. The number of hydrogen-bond acceptors (Lipinski definition) is 8. The van der Waals surface area contributed by atoms with Crippen LogP contribution in [0.3, 0.4) is 0 Å². The Morgan fingerprint density at radius 3 is 2.32 bits per heavy atom. The van der Waals surface area contributed by atoms with Crippen molar-refractivity contribution in [2.45, 2.75) is 129 Å². The topological polar surface area (TPSA) is 124 Å². The van der Waals surface area contributed by atoms with Crippen molar-refractivity contribution in [3.05, 3.63) is 0 Å². The lowest BCUT2D eigenvalue weighted by molar-refractivity contribution is -0.179. The smallest absolute Gasteiger partial charge is 0.410 e. The Bertz CT molecular complexity index is 1250. The Balaban J connectivity index is 1.13. The molecule has 0 aromatic carbocycles. The van der Waals surface area contributed by atoms with Crippen LogP contribution in [0.4, 0.5) is 9.59 Å². The van der Waals surface area contributed by atoms with E-state index < -0.39 is 17.7 Å². The number of nitrogens with zero attached hydrogens (tertiary/aromatic N) is 2. The predicted molar refractivity (Wildman–Crippen MR) is 176 cm³/mol.